The molecule has 0 spiro atoms. The molecule has 66 valence electrons. The first-order chi connectivity index (χ1) is 5.43. The van der Waals surface area contributed by atoms with Gasteiger partial charge in [0.05, 0.1) is 13.2 Å². The molecule has 0 aliphatic heterocycles. The molecule has 0 amide bonds. The lowest BCUT2D eigenvalue weighted by Crippen LogP contribution is -2.18. The Hall–Kier alpha value is -0.0800. The van der Waals surface area contributed by atoms with Crippen LogP contribution in [0.3, 0.4) is 0 Å². The van der Waals surface area contributed by atoms with Gasteiger partial charge in [0.2, 0.25) is 0 Å². The van der Waals surface area contributed by atoms with E-state index >= 15 is 0 Å². The predicted octanol–water partition coefficient (Wildman–Crippen LogP) is 1.84. The maximum Gasteiger partial charge on any atom is 0.0700 e. The van der Waals surface area contributed by atoms with E-state index < -0.39 is 0 Å². The molecule has 1 aliphatic carbocycles. The average Bonchev–Trinajstić information content (AvgIpc) is 1.93. The van der Waals surface area contributed by atoms with E-state index in [1.165, 1.54) is 19.3 Å². The number of ether oxygens (including phenoxy) is 2. The molecular formula is C9H18O2. The first-order valence-corrected chi connectivity index (χ1v) is 4.59. The van der Waals surface area contributed by atoms with Crippen molar-refractivity contribution >= 4 is 0 Å². The molecule has 0 bridgehead atoms. The van der Waals surface area contributed by atoms with Gasteiger partial charge in [-0.3, -0.25) is 0 Å². The van der Waals surface area contributed by atoms with Gasteiger partial charge in [0.1, 0.15) is 0 Å². The van der Waals surface area contributed by atoms with Crippen molar-refractivity contribution in [2.24, 2.45) is 5.92 Å². The van der Waals surface area contributed by atoms with Gasteiger partial charge < -0.3 is 9.47 Å². The Bertz CT molecular complexity index is 89.6. The lowest BCUT2D eigenvalue weighted by molar-refractivity contribution is 0.0237. The van der Waals surface area contributed by atoms with E-state index in [9.17, 15) is 0 Å². The molecule has 0 saturated heterocycles. The summed E-state index contributed by atoms with van der Waals surface area (Å²) in [5, 5.41) is 0. The van der Waals surface area contributed by atoms with Gasteiger partial charge >= 0.3 is 0 Å². The molecule has 2 heteroatoms. The van der Waals surface area contributed by atoms with Crippen LogP contribution < -0.4 is 0 Å². The lowest BCUT2D eigenvalue weighted by atomic mass is 9.86. The minimum atomic E-state index is 0.753. The van der Waals surface area contributed by atoms with Crippen LogP contribution in [0.5, 0.6) is 0 Å². The molecule has 0 heterocycles. The van der Waals surface area contributed by atoms with E-state index in [2.05, 4.69) is 0 Å². The monoisotopic (exact) mass is 158 g/mol. The molecule has 2 nitrogen and oxygen atoms in total. The minimum Gasteiger partial charge on any atom is -0.379 e. The highest BCUT2D eigenvalue weighted by Crippen LogP contribution is 2.25. The van der Waals surface area contributed by atoms with Crippen molar-refractivity contribution < 1.29 is 9.47 Å². The van der Waals surface area contributed by atoms with Crippen LogP contribution in [-0.4, -0.2) is 26.4 Å². The van der Waals surface area contributed by atoms with Gasteiger partial charge in [0.15, 0.2) is 0 Å². The van der Waals surface area contributed by atoms with Gasteiger partial charge in [0, 0.05) is 13.2 Å². The fraction of sp³-hybridized carbons (Fsp3) is 1.00. The van der Waals surface area contributed by atoms with E-state index in [-0.39, 0.29) is 0 Å². The molecule has 0 atom stereocenters. The molecule has 1 rings (SSSR count). The standard InChI is InChI=1S/C9H18O2/c1-2-10-6-7-11-8-9-4-3-5-9/h9H,2-8H2,1H3. The van der Waals surface area contributed by atoms with E-state index in [0.29, 0.717) is 0 Å². The summed E-state index contributed by atoms with van der Waals surface area (Å²) in [6, 6.07) is 0. The first kappa shape index (κ1) is 9.01. The molecule has 0 unspecified atom stereocenters. The fourth-order valence-electron chi connectivity index (χ4n) is 1.17. The molecule has 0 aromatic rings. The Morgan fingerprint density at radius 1 is 1.18 bits per heavy atom. The second-order valence-corrected chi connectivity index (χ2v) is 3.07. The van der Waals surface area contributed by atoms with Crippen LogP contribution in [0, 0.1) is 5.92 Å². The highest BCUT2D eigenvalue weighted by Gasteiger charge is 2.16. The third-order valence-electron chi connectivity index (χ3n) is 2.15. The van der Waals surface area contributed by atoms with Gasteiger partial charge in [-0.25, -0.2) is 0 Å². The summed E-state index contributed by atoms with van der Waals surface area (Å²) >= 11 is 0. The molecular weight excluding hydrogens is 140 g/mol. The first-order valence-electron chi connectivity index (χ1n) is 4.59. The number of rotatable bonds is 6. The summed E-state index contributed by atoms with van der Waals surface area (Å²) in [6.45, 7) is 5.28. The van der Waals surface area contributed by atoms with Crippen LogP contribution in [0.2, 0.25) is 0 Å². The van der Waals surface area contributed by atoms with Gasteiger partial charge in [-0.1, -0.05) is 6.42 Å². The summed E-state index contributed by atoms with van der Waals surface area (Å²) in [6.07, 6.45) is 4.14. The minimum absolute atomic E-state index is 0.753. The highest BCUT2D eigenvalue weighted by atomic mass is 16.5. The van der Waals surface area contributed by atoms with Crippen molar-refractivity contribution in [1.82, 2.24) is 0 Å². The summed E-state index contributed by atoms with van der Waals surface area (Å²) in [5.74, 6) is 0.858. The predicted molar refractivity (Wildman–Crippen MR) is 44.7 cm³/mol. The van der Waals surface area contributed by atoms with Crippen LogP contribution in [0.25, 0.3) is 0 Å². The molecule has 11 heavy (non-hydrogen) atoms. The second-order valence-electron chi connectivity index (χ2n) is 3.07. The zero-order chi connectivity index (χ0) is 7.94. The zero-order valence-corrected chi connectivity index (χ0v) is 7.34. The maximum atomic E-state index is 5.41. The highest BCUT2D eigenvalue weighted by molar-refractivity contribution is 4.68. The largest absolute Gasteiger partial charge is 0.379 e. The molecule has 0 radical (unpaired) electrons. The van der Waals surface area contributed by atoms with Crippen molar-refractivity contribution in [1.29, 1.82) is 0 Å². The maximum absolute atomic E-state index is 5.41. The molecule has 1 fully saturated rings. The summed E-state index contributed by atoms with van der Waals surface area (Å²) in [7, 11) is 0. The quantitative estimate of drug-likeness (QED) is 0.549. The topological polar surface area (TPSA) is 18.5 Å². The van der Waals surface area contributed by atoms with Crippen LogP contribution in [0.4, 0.5) is 0 Å². The Kier molecular flexibility index (Phi) is 4.55. The van der Waals surface area contributed by atoms with Crippen LogP contribution in [0.15, 0.2) is 0 Å². The number of hydrogen-bond acceptors (Lipinski definition) is 2. The van der Waals surface area contributed by atoms with E-state index in [1.807, 2.05) is 6.92 Å². The van der Waals surface area contributed by atoms with Crippen molar-refractivity contribution in [2.75, 3.05) is 26.4 Å². The van der Waals surface area contributed by atoms with Crippen LogP contribution in [0.1, 0.15) is 26.2 Å². The van der Waals surface area contributed by atoms with E-state index in [0.717, 1.165) is 32.3 Å². The SMILES string of the molecule is CCOCCOCC1CCC1. The van der Waals surface area contributed by atoms with E-state index in [1.54, 1.807) is 0 Å². The third kappa shape index (κ3) is 3.73. The molecule has 1 saturated carbocycles. The Morgan fingerprint density at radius 3 is 2.45 bits per heavy atom. The fourth-order valence-corrected chi connectivity index (χ4v) is 1.17. The summed E-state index contributed by atoms with van der Waals surface area (Å²) < 4.78 is 10.6. The smallest absolute Gasteiger partial charge is 0.0700 e. The van der Waals surface area contributed by atoms with Gasteiger partial charge in [0.25, 0.3) is 0 Å². The van der Waals surface area contributed by atoms with E-state index in [4.69, 9.17) is 9.47 Å². The average molecular weight is 158 g/mol. The van der Waals surface area contributed by atoms with Gasteiger partial charge in [-0.05, 0) is 25.7 Å². The molecule has 0 N–H and O–H groups in total. The van der Waals surface area contributed by atoms with Crippen LogP contribution >= 0.6 is 0 Å². The van der Waals surface area contributed by atoms with Crippen molar-refractivity contribution in [3.05, 3.63) is 0 Å². The van der Waals surface area contributed by atoms with Gasteiger partial charge in [-0.15, -0.1) is 0 Å². The van der Waals surface area contributed by atoms with Crippen molar-refractivity contribution in [3.8, 4) is 0 Å². The van der Waals surface area contributed by atoms with Gasteiger partial charge in [-0.2, -0.15) is 0 Å². The molecule has 1 aliphatic rings. The number of hydrogen-bond donors (Lipinski definition) is 0. The zero-order valence-electron chi connectivity index (χ0n) is 7.34. The second kappa shape index (κ2) is 5.56. The summed E-state index contributed by atoms with van der Waals surface area (Å²) in [5.41, 5.74) is 0. The lowest BCUT2D eigenvalue weighted by Gasteiger charge is -2.24. The van der Waals surface area contributed by atoms with Crippen molar-refractivity contribution in [3.63, 3.8) is 0 Å². The Labute approximate surface area is 68.9 Å². The van der Waals surface area contributed by atoms with Crippen LogP contribution in [-0.2, 0) is 9.47 Å². The normalized spacial score (nSPS) is 18.3. The molecule has 0 aromatic carbocycles. The summed E-state index contributed by atoms with van der Waals surface area (Å²) in [4.78, 5) is 0. The Balaban J connectivity index is 1.73. The third-order valence-corrected chi connectivity index (χ3v) is 2.15. The Morgan fingerprint density at radius 2 is 1.91 bits per heavy atom. The van der Waals surface area contributed by atoms with Crippen molar-refractivity contribution in [2.45, 2.75) is 26.2 Å². The molecule has 0 aromatic heterocycles.